The lowest BCUT2D eigenvalue weighted by Gasteiger charge is -2.19. The van der Waals surface area contributed by atoms with Crippen LogP contribution in [0, 0.1) is 0 Å². The van der Waals surface area contributed by atoms with E-state index in [1.807, 2.05) is 18.2 Å². The molecule has 0 radical (unpaired) electrons. The van der Waals surface area contributed by atoms with E-state index in [4.69, 9.17) is 11.6 Å². The standard InChI is InChI=1S/C14H17ClN2S2/c1-2-18-12-5-3-4-10(12)16-14-17-11-7-6-9(15)8-13(11)19-14/h6-8,10,12H,2-5H2,1H3,(H,16,17). The molecule has 2 aromatic rings. The second-order valence-electron chi connectivity index (χ2n) is 4.81. The minimum atomic E-state index is 0.570. The number of anilines is 1. The van der Waals surface area contributed by atoms with Gasteiger partial charge in [0.05, 0.1) is 10.2 Å². The molecule has 1 heterocycles. The van der Waals surface area contributed by atoms with Crippen molar-refractivity contribution in [1.29, 1.82) is 0 Å². The first kappa shape index (κ1) is 13.5. The number of thiazole rings is 1. The van der Waals surface area contributed by atoms with E-state index < -0.39 is 0 Å². The molecule has 0 bridgehead atoms. The van der Waals surface area contributed by atoms with E-state index in [0.717, 1.165) is 25.6 Å². The molecule has 0 saturated heterocycles. The van der Waals surface area contributed by atoms with Gasteiger partial charge < -0.3 is 5.32 Å². The smallest absolute Gasteiger partial charge is 0.184 e. The van der Waals surface area contributed by atoms with Gasteiger partial charge in [0.2, 0.25) is 0 Å². The summed E-state index contributed by atoms with van der Waals surface area (Å²) in [4.78, 5) is 4.65. The monoisotopic (exact) mass is 312 g/mol. The molecule has 102 valence electrons. The van der Waals surface area contributed by atoms with Crippen molar-refractivity contribution in [1.82, 2.24) is 4.98 Å². The van der Waals surface area contributed by atoms with Crippen molar-refractivity contribution in [2.24, 2.45) is 0 Å². The largest absolute Gasteiger partial charge is 0.358 e. The SMILES string of the molecule is CCSC1CCCC1Nc1nc2ccc(Cl)cc2s1. The first-order valence-corrected chi connectivity index (χ1v) is 8.95. The predicted octanol–water partition coefficient (Wildman–Crippen LogP) is 5.04. The summed E-state index contributed by atoms with van der Waals surface area (Å²) >= 11 is 9.79. The van der Waals surface area contributed by atoms with Crippen molar-refractivity contribution in [2.45, 2.75) is 37.5 Å². The summed E-state index contributed by atoms with van der Waals surface area (Å²) in [5, 5.41) is 6.18. The quantitative estimate of drug-likeness (QED) is 0.856. The van der Waals surface area contributed by atoms with E-state index in [-0.39, 0.29) is 0 Å². The van der Waals surface area contributed by atoms with E-state index in [0.29, 0.717) is 6.04 Å². The molecule has 1 fully saturated rings. The van der Waals surface area contributed by atoms with Gasteiger partial charge in [0.1, 0.15) is 0 Å². The fraction of sp³-hybridized carbons (Fsp3) is 0.500. The summed E-state index contributed by atoms with van der Waals surface area (Å²) in [6.07, 6.45) is 3.91. The Balaban J connectivity index is 1.77. The number of halogens is 1. The molecule has 5 heteroatoms. The Morgan fingerprint density at radius 3 is 3.21 bits per heavy atom. The number of fused-ring (bicyclic) bond motifs is 1. The zero-order chi connectivity index (χ0) is 13.2. The topological polar surface area (TPSA) is 24.9 Å². The van der Waals surface area contributed by atoms with Crippen molar-refractivity contribution >= 4 is 50.0 Å². The summed E-state index contributed by atoms with van der Waals surface area (Å²) in [5.41, 5.74) is 1.04. The fourth-order valence-electron chi connectivity index (χ4n) is 2.62. The number of hydrogen-bond acceptors (Lipinski definition) is 4. The molecule has 1 aromatic heterocycles. The molecule has 2 nitrogen and oxygen atoms in total. The molecule has 2 atom stereocenters. The molecule has 3 rings (SSSR count). The van der Waals surface area contributed by atoms with E-state index in [1.54, 1.807) is 11.3 Å². The number of benzene rings is 1. The van der Waals surface area contributed by atoms with Crippen molar-refractivity contribution in [3.63, 3.8) is 0 Å². The van der Waals surface area contributed by atoms with Crippen LogP contribution in [0.1, 0.15) is 26.2 Å². The van der Waals surface area contributed by atoms with E-state index >= 15 is 0 Å². The molecular weight excluding hydrogens is 296 g/mol. The molecule has 19 heavy (non-hydrogen) atoms. The first-order chi connectivity index (χ1) is 9.26. The molecule has 2 unspecified atom stereocenters. The van der Waals surface area contributed by atoms with Gasteiger partial charge >= 0.3 is 0 Å². The third-order valence-electron chi connectivity index (χ3n) is 3.49. The Bertz CT molecular complexity index is 570. The lowest BCUT2D eigenvalue weighted by atomic mass is 10.2. The Labute approximate surface area is 126 Å². The molecule has 0 spiro atoms. The van der Waals surface area contributed by atoms with Gasteiger partial charge in [-0.3, -0.25) is 0 Å². The summed E-state index contributed by atoms with van der Waals surface area (Å²) in [5.74, 6) is 1.19. The molecular formula is C14H17ClN2S2. The summed E-state index contributed by atoms with van der Waals surface area (Å²) < 4.78 is 1.16. The van der Waals surface area contributed by atoms with Gasteiger partial charge in [-0.15, -0.1) is 0 Å². The van der Waals surface area contributed by atoms with Gasteiger partial charge in [-0.25, -0.2) is 4.98 Å². The zero-order valence-electron chi connectivity index (χ0n) is 10.9. The average Bonchev–Trinajstić information content (AvgIpc) is 2.97. The normalized spacial score (nSPS) is 23.1. The lowest BCUT2D eigenvalue weighted by Crippen LogP contribution is -2.26. The number of thioether (sulfide) groups is 1. The van der Waals surface area contributed by atoms with Crippen molar-refractivity contribution in [3.8, 4) is 0 Å². The Kier molecular flexibility index (Phi) is 4.20. The zero-order valence-corrected chi connectivity index (χ0v) is 13.2. The fourth-order valence-corrected chi connectivity index (χ4v) is 5.02. The Morgan fingerprint density at radius 1 is 1.47 bits per heavy atom. The maximum absolute atomic E-state index is 6.02. The molecule has 1 aliphatic carbocycles. The summed E-state index contributed by atoms with van der Waals surface area (Å²) in [7, 11) is 0. The maximum Gasteiger partial charge on any atom is 0.184 e. The second kappa shape index (κ2) is 5.90. The van der Waals surface area contributed by atoms with Gasteiger partial charge in [0, 0.05) is 16.3 Å². The van der Waals surface area contributed by atoms with Gasteiger partial charge in [0.15, 0.2) is 5.13 Å². The first-order valence-electron chi connectivity index (χ1n) is 6.70. The Morgan fingerprint density at radius 2 is 2.37 bits per heavy atom. The van der Waals surface area contributed by atoms with Gasteiger partial charge in [0.25, 0.3) is 0 Å². The molecule has 1 aliphatic rings. The molecule has 0 amide bonds. The number of hydrogen-bond donors (Lipinski definition) is 1. The molecule has 1 aromatic carbocycles. The van der Waals surface area contributed by atoms with E-state index in [9.17, 15) is 0 Å². The lowest BCUT2D eigenvalue weighted by molar-refractivity contribution is 0.767. The average molecular weight is 313 g/mol. The van der Waals surface area contributed by atoms with Crippen LogP contribution in [0.4, 0.5) is 5.13 Å². The van der Waals surface area contributed by atoms with Crippen LogP contribution in [-0.4, -0.2) is 22.0 Å². The van der Waals surface area contributed by atoms with Crippen LogP contribution in [0.3, 0.4) is 0 Å². The number of aromatic nitrogens is 1. The van der Waals surface area contributed by atoms with Crippen LogP contribution in [0.2, 0.25) is 5.02 Å². The number of nitrogens with zero attached hydrogens (tertiary/aromatic N) is 1. The highest BCUT2D eigenvalue weighted by Gasteiger charge is 2.27. The molecule has 0 aliphatic heterocycles. The van der Waals surface area contributed by atoms with Crippen LogP contribution in [0.15, 0.2) is 18.2 Å². The van der Waals surface area contributed by atoms with Crippen LogP contribution in [0.25, 0.3) is 10.2 Å². The van der Waals surface area contributed by atoms with Crippen molar-refractivity contribution < 1.29 is 0 Å². The minimum Gasteiger partial charge on any atom is -0.358 e. The number of rotatable bonds is 4. The minimum absolute atomic E-state index is 0.570. The Hall–Kier alpha value is -0.450. The van der Waals surface area contributed by atoms with Crippen LogP contribution in [0.5, 0.6) is 0 Å². The third kappa shape index (κ3) is 3.01. The highest BCUT2D eigenvalue weighted by Crippen LogP contribution is 2.34. The molecule has 1 saturated carbocycles. The second-order valence-corrected chi connectivity index (χ2v) is 7.79. The van der Waals surface area contributed by atoms with Gasteiger partial charge in [-0.05, 0) is 36.8 Å². The molecule has 1 N–H and O–H groups in total. The van der Waals surface area contributed by atoms with Gasteiger partial charge in [-0.1, -0.05) is 36.3 Å². The number of nitrogens with one attached hydrogen (secondary N) is 1. The predicted molar refractivity (Wildman–Crippen MR) is 87.8 cm³/mol. The van der Waals surface area contributed by atoms with E-state index in [2.05, 4.69) is 29.0 Å². The van der Waals surface area contributed by atoms with Crippen LogP contribution in [-0.2, 0) is 0 Å². The highest BCUT2D eigenvalue weighted by molar-refractivity contribution is 7.99. The summed E-state index contributed by atoms with van der Waals surface area (Å²) in [6, 6.07) is 6.46. The van der Waals surface area contributed by atoms with Crippen molar-refractivity contribution in [3.05, 3.63) is 23.2 Å². The third-order valence-corrected chi connectivity index (χ3v) is 6.00. The highest BCUT2D eigenvalue weighted by atomic mass is 35.5. The van der Waals surface area contributed by atoms with E-state index in [1.165, 1.54) is 25.0 Å². The van der Waals surface area contributed by atoms with Crippen molar-refractivity contribution in [2.75, 3.05) is 11.1 Å². The van der Waals surface area contributed by atoms with Crippen LogP contribution < -0.4 is 5.32 Å². The maximum atomic E-state index is 6.02. The summed E-state index contributed by atoms with van der Waals surface area (Å²) in [6.45, 7) is 2.24. The van der Waals surface area contributed by atoms with Gasteiger partial charge in [-0.2, -0.15) is 11.8 Å². The van der Waals surface area contributed by atoms with Crippen LogP contribution >= 0.6 is 34.7 Å².